The Bertz CT molecular complexity index is 719. The molecule has 1 saturated heterocycles. The van der Waals surface area contributed by atoms with Gasteiger partial charge in [0.15, 0.2) is 5.96 Å². The maximum absolute atomic E-state index is 12.8. The number of likely N-dealkylation sites (tertiary alicyclic amines) is 1. The Morgan fingerprint density at radius 3 is 2.77 bits per heavy atom. The van der Waals surface area contributed by atoms with Gasteiger partial charge in [-0.15, -0.1) is 0 Å². The van der Waals surface area contributed by atoms with Crippen LogP contribution in [-0.2, 0) is 4.79 Å². The van der Waals surface area contributed by atoms with E-state index < -0.39 is 0 Å². The molecule has 2 aliphatic rings. The van der Waals surface area contributed by atoms with Crippen molar-refractivity contribution in [3.05, 3.63) is 24.3 Å². The lowest BCUT2D eigenvalue weighted by Crippen LogP contribution is -2.45. The van der Waals surface area contributed by atoms with Crippen molar-refractivity contribution in [2.24, 2.45) is 10.9 Å². The fraction of sp³-hybridized carbons (Fsp3) is 0.667. The van der Waals surface area contributed by atoms with Gasteiger partial charge in [0.25, 0.3) is 0 Å². The summed E-state index contributed by atoms with van der Waals surface area (Å²) >= 11 is 0. The van der Waals surface area contributed by atoms with Crippen LogP contribution in [0.1, 0.15) is 51.9 Å². The van der Waals surface area contributed by atoms with E-state index in [-0.39, 0.29) is 12.0 Å². The molecule has 0 aromatic heterocycles. The van der Waals surface area contributed by atoms with E-state index in [1.54, 1.807) is 7.11 Å². The molecule has 1 saturated carbocycles. The Kier molecular flexibility index (Phi) is 9.31. The standard InChI is InChI=1S/C24H38N4O3/c1-3-25-24(26-14-8-16-31-22-12-7-11-21(17-22)30-2)27-20-13-15-28(18-20)23(29)19-9-5-4-6-10-19/h7,11-12,17,19-20H,3-6,8-10,13-16,18H2,1-2H3,(H2,25,26,27). The van der Waals surface area contributed by atoms with E-state index in [9.17, 15) is 4.79 Å². The number of guanidine groups is 1. The summed E-state index contributed by atoms with van der Waals surface area (Å²) in [4.78, 5) is 19.5. The molecule has 2 fully saturated rings. The normalized spacial score (nSPS) is 19.9. The molecular weight excluding hydrogens is 392 g/mol. The lowest BCUT2D eigenvalue weighted by Gasteiger charge is -2.26. The zero-order valence-corrected chi connectivity index (χ0v) is 19.1. The summed E-state index contributed by atoms with van der Waals surface area (Å²) in [6.45, 7) is 5.78. The van der Waals surface area contributed by atoms with Crippen molar-refractivity contribution >= 4 is 11.9 Å². The molecule has 1 heterocycles. The predicted molar refractivity (Wildman–Crippen MR) is 124 cm³/mol. The summed E-state index contributed by atoms with van der Waals surface area (Å²) in [6, 6.07) is 7.90. The van der Waals surface area contributed by atoms with Crippen molar-refractivity contribution in [3.8, 4) is 11.5 Å². The fourth-order valence-corrected chi connectivity index (χ4v) is 4.34. The minimum atomic E-state index is 0.249. The Morgan fingerprint density at radius 1 is 1.19 bits per heavy atom. The maximum atomic E-state index is 12.8. The molecule has 1 aromatic rings. The lowest BCUT2D eigenvalue weighted by molar-refractivity contribution is -0.135. The van der Waals surface area contributed by atoms with Gasteiger partial charge < -0.3 is 25.0 Å². The van der Waals surface area contributed by atoms with E-state index in [1.807, 2.05) is 24.3 Å². The first-order valence-corrected chi connectivity index (χ1v) is 11.8. The first-order valence-electron chi connectivity index (χ1n) is 11.8. The molecule has 3 rings (SSSR count). The number of hydrogen-bond acceptors (Lipinski definition) is 4. The predicted octanol–water partition coefficient (Wildman–Crippen LogP) is 3.20. The molecular formula is C24H38N4O3. The second-order valence-corrected chi connectivity index (χ2v) is 8.39. The maximum Gasteiger partial charge on any atom is 0.225 e. The van der Waals surface area contributed by atoms with Gasteiger partial charge in [0.1, 0.15) is 11.5 Å². The van der Waals surface area contributed by atoms with Gasteiger partial charge in [0, 0.05) is 50.6 Å². The van der Waals surface area contributed by atoms with Crippen molar-refractivity contribution in [3.63, 3.8) is 0 Å². The molecule has 1 atom stereocenters. The number of aliphatic imine (C=N–C) groups is 1. The fourth-order valence-electron chi connectivity index (χ4n) is 4.34. The van der Waals surface area contributed by atoms with Gasteiger partial charge in [0.2, 0.25) is 5.91 Å². The number of amides is 1. The number of nitrogens with one attached hydrogen (secondary N) is 2. The summed E-state index contributed by atoms with van der Waals surface area (Å²) in [5.74, 6) is 3.03. The Balaban J connectivity index is 1.40. The van der Waals surface area contributed by atoms with Crippen molar-refractivity contribution in [2.45, 2.75) is 57.9 Å². The average Bonchev–Trinajstić information content (AvgIpc) is 3.27. The number of nitrogens with zero attached hydrogens (tertiary/aromatic N) is 2. The molecule has 1 unspecified atom stereocenters. The van der Waals surface area contributed by atoms with Gasteiger partial charge in [-0.25, -0.2) is 0 Å². The third-order valence-electron chi connectivity index (χ3n) is 6.02. The molecule has 0 radical (unpaired) electrons. The Hall–Kier alpha value is -2.44. The number of hydrogen-bond donors (Lipinski definition) is 2. The van der Waals surface area contributed by atoms with Crippen molar-refractivity contribution in [1.82, 2.24) is 15.5 Å². The highest BCUT2D eigenvalue weighted by Crippen LogP contribution is 2.26. The quantitative estimate of drug-likeness (QED) is 0.358. The van der Waals surface area contributed by atoms with Gasteiger partial charge in [0.05, 0.1) is 13.7 Å². The molecule has 7 nitrogen and oxygen atoms in total. The highest BCUT2D eigenvalue weighted by Gasteiger charge is 2.31. The van der Waals surface area contributed by atoms with Crippen molar-refractivity contribution < 1.29 is 14.3 Å². The molecule has 7 heteroatoms. The number of rotatable bonds is 9. The molecule has 0 bridgehead atoms. The number of benzene rings is 1. The second kappa shape index (κ2) is 12.4. The summed E-state index contributed by atoms with van der Waals surface area (Å²) in [7, 11) is 1.65. The Morgan fingerprint density at radius 2 is 2.00 bits per heavy atom. The largest absolute Gasteiger partial charge is 0.497 e. The lowest BCUT2D eigenvalue weighted by atomic mass is 9.88. The molecule has 1 aromatic carbocycles. The summed E-state index contributed by atoms with van der Waals surface area (Å²) < 4.78 is 11.0. The highest BCUT2D eigenvalue weighted by molar-refractivity contribution is 5.81. The molecule has 2 N–H and O–H groups in total. The third kappa shape index (κ3) is 7.33. The summed E-state index contributed by atoms with van der Waals surface area (Å²) in [6.07, 6.45) is 7.60. The van der Waals surface area contributed by atoms with Crippen LogP contribution in [0, 0.1) is 5.92 Å². The SMILES string of the molecule is CCNC(=NCCCOc1cccc(OC)c1)NC1CCN(C(=O)C2CCCCC2)C1. The minimum absolute atomic E-state index is 0.249. The van der Waals surface area contributed by atoms with Crippen LogP contribution in [0.25, 0.3) is 0 Å². The van der Waals surface area contributed by atoms with Crippen LogP contribution in [0.4, 0.5) is 0 Å². The number of carbonyl (C=O) groups excluding carboxylic acids is 1. The van der Waals surface area contributed by atoms with Gasteiger partial charge >= 0.3 is 0 Å². The zero-order chi connectivity index (χ0) is 21.9. The first-order chi connectivity index (χ1) is 15.2. The zero-order valence-electron chi connectivity index (χ0n) is 19.1. The minimum Gasteiger partial charge on any atom is -0.497 e. The van der Waals surface area contributed by atoms with E-state index >= 15 is 0 Å². The van der Waals surface area contributed by atoms with E-state index in [2.05, 4.69) is 27.4 Å². The van der Waals surface area contributed by atoms with E-state index in [0.717, 1.165) is 62.8 Å². The third-order valence-corrected chi connectivity index (χ3v) is 6.02. The number of carbonyl (C=O) groups is 1. The summed E-state index contributed by atoms with van der Waals surface area (Å²) in [5, 5.41) is 6.83. The van der Waals surface area contributed by atoms with Gasteiger partial charge in [-0.2, -0.15) is 0 Å². The van der Waals surface area contributed by atoms with Gasteiger partial charge in [-0.1, -0.05) is 25.3 Å². The van der Waals surface area contributed by atoms with Crippen LogP contribution in [0.3, 0.4) is 0 Å². The Labute approximate surface area is 186 Å². The number of methoxy groups -OCH3 is 1. The second-order valence-electron chi connectivity index (χ2n) is 8.39. The van der Waals surface area contributed by atoms with Crippen molar-refractivity contribution in [1.29, 1.82) is 0 Å². The van der Waals surface area contributed by atoms with Crippen LogP contribution in [-0.4, -0.2) is 62.7 Å². The molecule has 1 aliphatic carbocycles. The summed E-state index contributed by atoms with van der Waals surface area (Å²) in [5.41, 5.74) is 0. The average molecular weight is 431 g/mol. The van der Waals surface area contributed by atoms with Crippen molar-refractivity contribution in [2.75, 3.05) is 39.9 Å². The molecule has 31 heavy (non-hydrogen) atoms. The van der Waals surface area contributed by atoms with E-state index in [0.29, 0.717) is 19.1 Å². The van der Waals surface area contributed by atoms with Crippen LogP contribution in [0.5, 0.6) is 11.5 Å². The molecule has 1 aliphatic heterocycles. The van der Waals surface area contributed by atoms with Gasteiger partial charge in [-0.3, -0.25) is 9.79 Å². The van der Waals surface area contributed by atoms with Crippen LogP contribution < -0.4 is 20.1 Å². The first kappa shape index (κ1) is 23.2. The highest BCUT2D eigenvalue weighted by atomic mass is 16.5. The molecule has 172 valence electrons. The number of ether oxygens (including phenoxy) is 2. The van der Waals surface area contributed by atoms with E-state index in [1.165, 1.54) is 19.3 Å². The van der Waals surface area contributed by atoms with Crippen LogP contribution in [0.2, 0.25) is 0 Å². The topological polar surface area (TPSA) is 75.2 Å². The monoisotopic (exact) mass is 430 g/mol. The molecule has 1 amide bonds. The van der Waals surface area contributed by atoms with Crippen LogP contribution in [0.15, 0.2) is 29.3 Å². The molecule has 0 spiro atoms. The van der Waals surface area contributed by atoms with Crippen LogP contribution >= 0.6 is 0 Å². The smallest absolute Gasteiger partial charge is 0.225 e. The van der Waals surface area contributed by atoms with Gasteiger partial charge in [-0.05, 0) is 38.3 Å². The van der Waals surface area contributed by atoms with E-state index in [4.69, 9.17) is 9.47 Å².